The Kier molecular flexibility index (Phi) is 7.80. The van der Waals surface area contributed by atoms with Crippen LogP contribution in [0.4, 0.5) is 0 Å². The topological polar surface area (TPSA) is 80.5 Å². The summed E-state index contributed by atoms with van der Waals surface area (Å²) in [6, 6.07) is 1.93. The summed E-state index contributed by atoms with van der Waals surface area (Å²) in [7, 11) is 0. The van der Waals surface area contributed by atoms with Crippen molar-refractivity contribution in [2.45, 2.75) is 32.7 Å². The molecule has 1 amide bonds. The van der Waals surface area contributed by atoms with E-state index >= 15 is 0 Å². The Bertz CT molecular complexity index is 703. The van der Waals surface area contributed by atoms with Crippen LogP contribution < -0.4 is 5.32 Å². The highest BCUT2D eigenvalue weighted by atomic mass is 16.5. The average molecular weight is 432 g/mol. The number of piperazine rings is 2. The van der Waals surface area contributed by atoms with E-state index in [0.717, 1.165) is 103 Å². The van der Waals surface area contributed by atoms with Crippen molar-refractivity contribution in [1.29, 1.82) is 0 Å². The zero-order valence-corrected chi connectivity index (χ0v) is 18.8. The van der Waals surface area contributed by atoms with Crippen LogP contribution in [0.2, 0.25) is 0 Å². The number of aliphatic imine (C=N–C) groups is 1. The Balaban J connectivity index is 1.18. The highest BCUT2D eigenvalue weighted by Gasteiger charge is 2.31. The van der Waals surface area contributed by atoms with Crippen LogP contribution in [0.3, 0.4) is 0 Å². The van der Waals surface area contributed by atoms with Gasteiger partial charge >= 0.3 is 0 Å². The Morgan fingerprint density at radius 2 is 1.81 bits per heavy atom. The number of amides is 1. The molecule has 9 heteroatoms. The molecule has 4 rings (SSSR count). The SMILES string of the molecule is CCNC(=NCCN1CCN(C(=O)C2CCC2)CC1)N1CCN(Cc2ccon2)CC1. The van der Waals surface area contributed by atoms with Crippen molar-refractivity contribution in [1.82, 2.24) is 30.1 Å². The van der Waals surface area contributed by atoms with Gasteiger partial charge in [-0.15, -0.1) is 0 Å². The third-order valence-corrected chi connectivity index (χ3v) is 6.70. The van der Waals surface area contributed by atoms with Gasteiger partial charge in [0, 0.05) is 84.0 Å². The van der Waals surface area contributed by atoms with Crippen molar-refractivity contribution in [3.05, 3.63) is 18.0 Å². The van der Waals surface area contributed by atoms with Gasteiger partial charge in [-0.2, -0.15) is 0 Å². The van der Waals surface area contributed by atoms with Crippen molar-refractivity contribution in [3.63, 3.8) is 0 Å². The molecule has 0 radical (unpaired) electrons. The van der Waals surface area contributed by atoms with E-state index in [1.54, 1.807) is 6.26 Å². The maximum Gasteiger partial charge on any atom is 0.225 e. The predicted octanol–water partition coefficient (Wildman–Crippen LogP) is 0.702. The molecule has 1 aromatic heterocycles. The molecule has 3 fully saturated rings. The highest BCUT2D eigenvalue weighted by Crippen LogP contribution is 2.28. The summed E-state index contributed by atoms with van der Waals surface area (Å²) in [5.41, 5.74) is 0.989. The average Bonchev–Trinajstić information content (AvgIpc) is 3.26. The molecule has 3 aliphatic rings. The molecule has 0 aromatic carbocycles. The first-order valence-corrected chi connectivity index (χ1v) is 11.9. The minimum atomic E-state index is 0.315. The lowest BCUT2D eigenvalue weighted by Crippen LogP contribution is -2.53. The van der Waals surface area contributed by atoms with Crippen molar-refractivity contribution < 1.29 is 9.32 Å². The number of carbonyl (C=O) groups is 1. The fourth-order valence-corrected chi connectivity index (χ4v) is 4.49. The zero-order valence-electron chi connectivity index (χ0n) is 18.8. The number of nitrogens with zero attached hydrogens (tertiary/aromatic N) is 6. The summed E-state index contributed by atoms with van der Waals surface area (Å²) < 4.78 is 4.94. The number of carbonyl (C=O) groups excluding carboxylic acids is 1. The van der Waals surface area contributed by atoms with Gasteiger partial charge in [-0.05, 0) is 19.8 Å². The number of aromatic nitrogens is 1. The van der Waals surface area contributed by atoms with E-state index in [0.29, 0.717) is 11.8 Å². The maximum absolute atomic E-state index is 12.4. The molecule has 2 saturated heterocycles. The molecule has 2 aliphatic heterocycles. The monoisotopic (exact) mass is 431 g/mol. The Hall–Kier alpha value is -2.13. The molecule has 172 valence electrons. The second-order valence-corrected chi connectivity index (χ2v) is 8.78. The maximum atomic E-state index is 12.4. The molecular weight excluding hydrogens is 394 g/mol. The van der Waals surface area contributed by atoms with Crippen LogP contribution >= 0.6 is 0 Å². The van der Waals surface area contributed by atoms with Gasteiger partial charge in [0.15, 0.2) is 5.96 Å². The van der Waals surface area contributed by atoms with E-state index in [2.05, 4.69) is 37.0 Å². The molecule has 1 N–H and O–H groups in total. The third kappa shape index (κ3) is 5.98. The molecule has 0 atom stereocenters. The van der Waals surface area contributed by atoms with Gasteiger partial charge < -0.3 is 19.6 Å². The smallest absolute Gasteiger partial charge is 0.225 e. The summed E-state index contributed by atoms with van der Waals surface area (Å²) in [5.74, 6) is 1.72. The summed E-state index contributed by atoms with van der Waals surface area (Å²) >= 11 is 0. The van der Waals surface area contributed by atoms with Gasteiger partial charge in [-0.1, -0.05) is 11.6 Å². The van der Waals surface area contributed by atoms with Crippen LogP contribution in [-0.2, 0) is 11.3 Å². The lowest BCUT2D eigenvalue weighted by molar-refractivity contribution is -0.139. The summed E-state index contributed by atoms with van der Waals surface area (Å²) in [4.78, 5) is 26.6. The van der Waals surface area contributed by atoms with E-state index in [4.69, 9.17) is 9.52 Å². The normalized spacial score (nSPS) is 21.9. The first kappa shape index (κ1) is 22.1. The van der Waals surface area contributed by atoms with Crippen molar-refractivity contribution in [3.8, 4) is 0 Å². The van der Waals surface area contributed by atoms with Crippen LogP contribution in [0.1, 0.15) is 31.9 Å². The number of guanidine groups is 1. The number of nitrogens with one attached hydrogen (secondary N) is 1. The first-order chi connectivity index (χ1) is 15.2. The molecule has 1 aliphatic carbocycles. The molecule has 3 heterocycles. The van der Waals surface area contributed by atoms with Crippen molar-refractivity contribution in [2.75, 3.05) is 72.0 Å². The van der Waals surface area contributed by atoms with E-state index in [1.165, 1.54) is 6.42 Å². The molecule has 0 spiro atoms. The van der Waals surface area contributed by atoms with Gasteiger partial charge in [-0.3, -0.25) is 19.6 Å². The number of hydrogen-bond acceptors (Lipinski definition) is 6. The Morgan fingerprint density at radius 3 is 2.42 bits per heavy atom. The standard InChI is InChI=1S/C22H37N7O2/c1-2-23-22(29-15-11-27(12-16-29)18-20-6-17-31-25-20)24-7-8-26-9-13-28(14-10-26)21(30)19-4-3-5-19/h6,17,19H,2-5,7-16,18H2,1H3,(H,23,24). The molecule has 0 bridgehead atoms. The van der Waals surface area contributed by atoms with E-state index in [1.807, 2.05) is 6.07 Å². The van der Waals surface area contributed by atoms with Gasteiger partial charge in [0.05, 0.1) is 12.2 Å². The molecule has 9 nitrogen and oxygen atoms in total. The first-order valence-electron chi connectivity index (χ1n) is 11.9. The van der Waals surface area contributed by atoms with E-state index in [-0.39, 0.29) is 0 Å². The van der Waals surface area contributed by atoms with Crippen LogP contribution in [-0.4, -0.2) is 109 Å². The van der Waals surface area contributed by atoms with Crippen molar-refractivity contribution in [2.24, 2.45) is 10.9 Å². The fraction of sp³-hybridized carbons (Fsp3) is 0.773. The summed E-state index contributed by atoms with van der Waals surface area (Å²) in [6.45, 7) is 13.2. The molecule has 0 unspecified atom stereocenters. The predicted molar refractivity (Wildman–Crippen MR) is 120 cm³/mol. The summed E-state index contributed by atoms with van der Waals surface area (Å²) in [6.07, 6.45) is 5.04. The molecule has 31 heavy (non-hydrogen) atoms. The fourth-order valence-electron chi connectivity index (χ4n) is 4.49. The Morgan fingerprint density at radius 1 is 1.10 bits per heavy atom. The van der Waals surface area contributed by atoms with Crippen LogP contribution in [0.25, 0.3) is 0 Å². The molecule has 1 aromatic rings. The quantitative estimate of drug-likeness (QED) is 0.503. The van der Waals surface area contributed by atoms with Crippen LogP contribution in [0.5, 0.6) is 0 Å². The van der Waals surface area contributed by atoms with Gasteiger partial charge in [0.1, 0.15) is 6.26 Å². The van der Waals surface area contributed by atoms with E-state index in [9.17, 15) is 4.79 Å². The lowest BCUT2D eigenvalue weighted by Gasteiger charge is -2.38. The van der Waals surface area contributed by atoms with Gasteiger partial charge in [0.2, 0.25) is 5.91 Å². The van der Waals surface area contributed by atoms with E-state index < -0.39 is 0 Å². The number of hydrogen-bond donors (Lipinski definition) is 1. The molecular formula is C22H37N7O2. The highest BCUT2D eigenvalue weighted by molar-refractivity contribution is 5.80. The zero-order chi connectivity index (χ0) is 21.5. The largest absolute Gasteiger partial charge is 0.364 e. The molecule has 1 saturated carbocycles. The minimum Gasteiger partial charge on any atom is -0.364 e. The minimum absolute atomic E-state index is 0.315. The van der Waals surface area contributed by atoms with Crippen molar-refractivity contribution >= 4 is 11.9 Å². The number of rotatable bonds is 7. The Labute approximate surface area is 185 Å². The second kappa shape index (κ2) is 10.9. The van der Waals surface area contributed by atoms with Gasteiger partial charge in [0.25, 0.3) is 0 Å². The van der Waals surface area contributed by atoms with Gasteiger partial charge in [-0.25, -0.2) is 0 Å². The lowest BCUT2D eigenvalue weighted by atomic mass is 9.84. The van der Waals surface area contributed by atoms with Crippen LogP contribution in [0.15, 0.2) is 21.8 Å². The second-order valence-electron chi connectivity index (χ2n) is 8.78. The van der Waals surface area contributed by atoms with Crippen LogP contribution in [0, 0.1) is 5.92 Å². The third-order valence-electron chi connectivity index (χ3n) is 6.70. The summed E-state index contributed by atoms with van der Waals surface area (Å²) in [5, 5.41) is 7.47.